The Morgan fingerprint density at radius 3 is 2.32 bits per heavy atom. The molecule has 31 heavy (non-hydrogen) atoms. The van der Waals surface area contributed by atoms with Crippen LogP contribution >= 0.6 is 11.6 Å². The van der Waals surface area contributed by atoms with Gasteiger partial charge in [0, 0.05) is 42.7 Å². The molecule has 2 aromatic rings. The highest BCUT2D eigenvalue weighted by Gasteiger charge is 2.10. The summed E-state index contributed by atoms with van der Waals surface area (Å²) in [5, 5.41) is 15.0. The van der Waals surface area contributed by atoms with E-state index in [1.807, 2.05) is 13.8 Å². The second-order valence-corrected chi connectivity index (χ2v) is 7.24. The molecule has 0 radical (unpaired) electrons. The molecular formula is C21H25ClFN3O5. The number of carbonyl (C=O) groups is 2. The zero-order valence-electron chi connectivity index (χ0n) is 17.3. The predicted octanol–water partition coefficient (Wildman–Crippen LogP) is 1.93. The number of ether oxygens (including phenoxy) is 2. The van der Waals surface area contributed by atoms with Crippen LogP contribution in [0.5, 0.6) is 11.5 Å². The Labute approximate surface area is 184 Å². The first kappa shape index (κ1) is 24.4. The van der Waals surface area contributed by atoms with Gasteiger partial charge in [-0.25, -0.2) is 4.39 Å². The third-order valence-electron chi connectivity index (χ3n) is 4.02. The molecule has 0 bridgehead atoms. The summed E-state index contributed by atoms with van der Waals surface area (Å²) < 4.78 is 23.9. The Bertz CT molecular complexity index is 892. The molecule has 2 amide bonds. The minimum absolute atomic E-state index is 0.0208. The lowest BCUT2D eigenvalue weighted by Crippen LogP contribution is -2.37. The Balaban J connectivity index is 1.58. The molecule has 0 unspecified atom stereocenters. The monoisotopic (exact) mass is 453 g/mol. The van der Waals surface area contributed by atoms with Gasteiger partial charge in [-0.2, -0.15) is 0 Å². The van der Waals surface area contributed by atoms with E-state index < -0.39 is 17.8 Å². The van der Waals surface area contributed by atoms with Gasteiger partial charge in [-0.15, -0.1) is 0 Å². The van der Waals surface area contributed by atoms with Gasteiger partial charge >= 0.3 is 0 Å². The molecule has 10 heteroatoms. The largest absolute Gasteiger partial charge is 0.484 e. The number of hydrogen-bond acceptors (Lipinski definition) is 6. The van der Waals surface area contributed by atoms with E-state index in [1.54, 1.807) is 12.1 Å². The SMILES string of the molecule is Cc1cc(OCC(=O)NC[C@@H](O)CCNC(=O)COc2ccc(Cl)c(F)c2)cc(C)n1. The Morgan fingerprint density at radius 1 is 1.06 bits per heavy atom. The number of amides is 2. The minimum Gasteiger partial charge on any atom is -0.484 e. The van der Waals surface area contributed by atoms with Gasteiger partial charge in [-0.1, -0.05) is 11.6 Å². The standard InChI is InChI=1S/C21H25ClFN3O5/c1-13-7-17(8-14(2)26-13)31-12-21(29)25-10-15(27)5-6-24-20(28)11-30-16-3-4-18(22)19(23)9-16/h3-4,7-9,15,27H,5-6,10-12H2,1-2H3,(H,24,28)(H,25,29)/t15-/m0/s1. The summed E-state index contributed by atoms with van der Waals surface area (Å²) in [5.74, 6) is -0.714. The first-order valence-electron chi connectivity index (χ1n) is 9.60. The molecule has 1 atom stereocenters. The highest BCUT2D eigenvalue weighted by molar-refractivity contribution is 6.30. The lowest BCUT2D eigenvalue weighted by Gasteiger charge is -2.13. The number of hydrogen-bond donors (Lipinski definition) is 3. The smallest absolute Gasteiger partial charge is 0.258 e. The number of aliphatic hydroxyl groups is 1. The van der Waals surface area contributed by atoms with Crippen LogP contribution in [0.1, 0.15) is 17.8 Å². The van der Waals surface area contributed by atoms with Crippen LogP contribution in [-0.2, 0) is 9.59 Å². The van der Waals surface area contributed by atoms with Crippen LogP contribution in [0.4, 0.5) is 4.39 Å². The molecule has 0 aliphatic carbocycles. The van der Waals surface area contributed by atoms with Gasteiger partial charge < -0.3 is 25.2 Å². The molecule has 1 aromatic carbocycles. The van der Waals surface area contributed by atoms with Gasteiger partial charge in [-0.3, -0.25) is 14.6 Å². The highest BCUT2D eigenvalue weighted by Crippen LogP contribution is 2.20. The number of aryl methyl sites for hydroxylation is 2. The van der Waals surface area contributed by atoms with E-state index in [2.05, 4.69) is 15.6 Å². The summed E-state index contributed by atoms with van der Waals surface area (Å²) in [7, 11) is 0. The molecule has 0 aliphatic heterocycles. The van der Waals surface area contributed by atoms with E-state index in [0.717, 1.165) is 17.5 Å². The maximum Gasteiger partial charge on any atom is 0.258 e. The van der Waals surface area contributed by atoms with E-state index in [0.29, 0.717) is 5.75 Å². The minimum atomic E-state index is -0.846. The highest BCUT2D eigenvalue weighted by atomic mass is 35.5. The number of aromatic nitrogens is 1. The van der Waals surface area contributed by atoms with Crippen molar-refractivity contribution in [3.8, 4) is 11.5 Å². The van der Waals surface area contributed by atoms with Crippen LogP contribution in [0, 0.1) is 19.7 Å². The molecule has 0 saturated carbocycles. The van der Waals surface area contributed by atoms with Crippen molar-refractivity contribution >= 4 is 23.4 Å². The van der Waals surface area contributed by atoms with E-state index in [9.17, 15) is 19.1 Å². The number of nitrogens with zero attached hydrogens (tertiary/aromatic N) is 1. The second-order valence-electron chi connectivity index (χ2n) is 6.84. The van der Waals surface area contributed by atoms with E-state index in [-0.39, 0.29) is 49.4 Å². The van der Waals surface area contributed by atoms with E-state index in [4.69, 9.17) is 21.1 Å². The molecule has 0 fully saturated rings. The molecule has 3 N–H and O–H groups in total. The van der Waals surface area contributed by atoms with Crippen molar-refractivity contribution in [2.45, 2.75) is 26.4 Å². The second kappa shape index (κ2) is 12.1. The summed E-state index contributed by atoms with van der Waals surface area (Å²) in [6.45, 7) is 3.37. The van der Waals surface area contributed by atoms with Crippen molar-refractivity contribution in [2.75, 3.05) is 26.3 Å². The fraction of sp³-hybridized carbons (Fsp3) is 0.381. The van der Waals surface area contributed by atoms with Crippen LogP contribution in [0.15, 0.2) is 30.3 Å². The van der Waals surface area contributed by atoms with Crippen LogP contribution < -0.4 is 20.1 Å². The van der Waals surface area contributed by atoms with Crippen LogP contribution in [0.2, 0.25) is 5.02 Å². The normalized spacial score (nSPS) is 11.5. The van der Waals surface area contributed by atoms with Crippen molar-refractivity contribution in [1.29, 1.82) is 0 Å². The maximum absolute atomic E-state index is 13.3. The number of benzene rings is 1. The zero-order chi connectivity index (χ0) is 22.8. The number of nitrogens with one attached hydrogen (secondary N) is 2. The van der Waals surface area contributed by atoms with Gasteiger partial charge in [0.05, 0.1) is 11.1 Å². The number of aliphatic hydroxyl groups excluding tert-OH is 1. The molecule has 8 nitrogen and oxygen atoms in total. The van der Waals surface area contributed by atoms with Crippen molar-refractivity contribution in [2.24, 2.45) is 0 Å². The van der Waals surface area contributed by atoms with Gasteiger partial charge in [-0.05, 0) is 32.4 Å². The molecule has 1 aromatic heterocycles. The predicted molar refractivity (Wildman–Crippen MR) is 113 cm³/mol. The number of pyridine rings is 1. The summed E-state index contributed by atoms with van der Waals surface area (Å²) in [6, 6.07) is 7.32. The number of rotatable bonds is 11. The Kier molecular flexibility index (Phi) is 9.48. The lowest BCUT2D eigenvalue weighted by atomic mass is 10.2. The summed E-state index contributed by atoms with van der Waals surface area (Å²) in [6.07, 6.45) is -0.619. The lowest BCUT2D eigenvalue weighted by molar-refractivity contribution is -0.124. The summed E-state index contributed by atoms with van der Waals surface area (Å²) in [4.78, 5) is 27.8. The Morgan fingerprint density at radius 2 is 1.68 bits per heavy atom. The van der Waals surface area contributed by atoms with Crippen LogP contribution in [0.3, 0.4) is 0 Å². The van der Waals surface area contributed by atoms with Crippen LogP contribution in [-0.4, -0.2) is 54.3 Å². The molecule has 0 saturated heterocycles. The molecule has 168 valence electrons. The van der Waals surface area contributed by atoms with Crippen molar-refractivity contribution in [3.05, 3.63) is 52.6 Å². The van der Waals surface area contributed by atoms with Gasteiger partial charge in [0.15, 0.2) is 13.2 Å². The third-order valence-corrected chi connectivity index (χ3v) is 4.33. The zero-order valence-corrected chi connectivity index (χ0v) is 18.0. The average molecular weight is 454 g/mol. The van der Waals surface area contributed by atoms with Crippen molar-refractivity contribution in [3.63, 3.8) is 0 Å². The number of carbonyl (C=O) groups excluding carboxylic acids is 2. The quantitative estimate of drug-likeness (QED) is 0.479. The van der Waals surface area contributed by atoms with Crippen molar-refractivity contribution < 1.29 is 28.6 Å². The van der Waals surface area contributed by atoms with E-state index >= 15 is 0 Å². The molecular weight excluding hydrogens is 429 g/mol. The molecule has 1 heterocycles. The van der Waals surface area contributed by atoms with Crippen molar-refractivity contribution in [1.82, 2.24) is 15.6 Å². The first-order valence-corrected chi connectivity index (χ1v) is 9.98. The maximum atomic E-state index is 13.3. The third kappa shape index (κ3) is 9.18. The number of halogens is 2. The first-order chi connectivity index (χ1) is 14.7. The van der Waals surface area contributed by atoms with E-state index in [1.165, 1.54) is 12.1 Å². The summed E-state index contributed by atoms with van der Waals surface area (Å²) >= 11 is 5.57. The van der Waals surface area contributed by atoms with Gasteiger partial charge in [0.25, 0.3) is 11.8 Å². The fourth-order valence-corrected chi connectivity index (χ4v) is 2.68. The molecule has 0 aliphatic rings. The molecule has 0 spiro atoms. The van der Waals surface area contributed by atoms with Gasteiger partial charge in [0.2, 0.25) is 0 Å². The van der Waals surface area contributed by atoms with Gasteiger partial charge in [0.1, 0.15) is 17.3 Å². The van der Waals surface area contributed by atoms with Crippen LogP contribution in [0.25, 0.3) is 0 Å². The summed E-state index contributed by atoms with van der Waals surface area (Å²) in [5.41, 5.74) is 1.58. The average Bonchev–Trinajstić information content (AvgIpc) is 2.71. The fourth-order valence-electron chi connectivity index (χ4n) is 2.56. The molecule has 2 rings (SSSR count). The Hall–Kier alpha value is -2.91. The topological polar surface area (TPSA) is 110 Å².